The molecule has 0 saturated heterocycles. The largest absolute Gasteiger partial charge is 0.383 e. The molecule has 96 valence electrons. The van der Waals surface area contributed by atoms with E-state index in [9.17, 15) is 0 Å². The topological polar surface area (TPSA) is 69.6 Å². The summed E-state index contributed by atoms with van der Waals surface area (Å²) in [7, 11) is 0. The van der Waals surface area contributed by atoms with Crippen molar-refractivity contribution in [3.8, 4) is 5.82 Å². The van der Waals surface area contributed by atoms with Crippen LogP contribution in [-0.2, 0) is 6.42 Å². The molecule has 5 nitrogen and oxygen atoms in total. The maximum atomic E-state index is 6.09. The van der Waals surface area contributed by atoms with E-state index in [0.717, 1.165) is 15.7 Å². The molecule has 0 aliphatic heterocycles. The highest BCUT2D eigenvalue weighted by molar-refractivity contribution is 14.1. The van der Waals surface area contributed by atoms with Crippen molar-refractivity contribution >= 4 is 28.4 Å². The number of anilines is 1. The minimum atomic E-state index is 0.178. The second-order valence-electron chi connectivity index (χ2n) is 5.36. The van der Waals surface area contributed by atoms with Gasteiger partial charge < -0.3 is 5.73 Å². The zero-order valence-electron chi connectivity index (χ0n) is 10.7. The van der Waals surface area contributed by atoms with Crippen molar-refractivity contribution in [1.29, 1.82) is 0 Å². The fourth-order valence-corrected chi connectivity index (χ4v) is 2.19. The van der Waals surface area contributed by atoms with Gasteiger partial charge in [-0.1, -0.05) is 20.8 Å². The third-order valence-electron chi connectivity index (χ3n) is 2.41. The summed E-state index contributed by atoms with van der Waals surface area (Å²) in [4.78, 5) is 8.06. The van der Waals surface area contributed by atoms with Crippen molar-refractivity contribution in [1.82, 2.24) is 19.7 Å². The Hall–Kier alpha value is -1.18. The van der Waals surface area contributed by atoms with Crippen LogP contribution in [0.4, 0.5) is 5.82 Å². The summed E-state index contributed by atoms with van der Waals surface area (Å²) in [6.07, 6.45) is 4.06. The van der Waals surface area contributed by atoms with Crippen LogP contribution in [0.1, 0.15) is 26.5 Å². The Morgan fingerprint density at radius 2 is 2.11 bits per heavy atom. The molecule has 2 aromatic heterocycles. The summed E-state index contributed by atoms with van der Waals surface area (Å²) in [5.41, 5.74) is 7.28. The Morgan fingerprint density at radius 3 is 2.67 bits per heavy atom. The molecule has 0 fully saturated rings. The van der Waals surface area contributed by atoms with Crippen LogP contribution in [-0.4, -0.2) is 19.7 Å². The van der Waals surface area contributed by atoms with Gasteiger partial charge in [0.15, 0.2) is 5.82 Å². The third-order valence-corrected chi connectivity index (χ3v) is 3.58. The smallest absolute Gasteiger partial charge is 0.159 e. The first kappa shape index (κ1) is 13.3. The molecule has 0 amide bonds. The SMILES string of the molecule is CC(C)(C)Cc1nn(-c2ccncn2)c(N)c1I. The van der Waals surface area contributed by atoms with Gasteiger partial charge in [0.25, 0.3) is 0 Å². The van der Waals surface area contributed by atoms with Crippen LogP contribution in [0.15, 0.2) is 18.6 Å². The quantitative estimate of drug-likeness (QED) is 0.839. The Morgan fingerprint density at radius 1 is 1.39 bits per heavy atom. The average molecular weight is 357 g/mol. The van der Waals surface area contributed by atoms with E-state index in [1.54, 1.807) is 16.9 Å². The molecule has 0 radical (unpaired) electrons. The minimum absolute atomic E-state index is 0.178. The van der Waals surface area contributed by atoms with Crippen LogP contribution in [0.2, 0.25) is 0 Å². The minimum Gasteiger partial charge on any atom is -0.383 e. The maximum absolute atomic E-state index is 6.09. The van der Waals surface area contributed by atoms with Gasteiger partial charge in [-0.3, -0.25) is 0 Å². The van der Waals surface area contributed by atoms with Gasteiger partial charge >= 0.3 is 0 Å². The lowest BCUT2D eigenvalue weighted by atomic mass is 9.91. The van der Waals surface area contributed by atoms with E-state index in [4.69, 9.17) is 5.73 Å². The zero-order valence-corrected chi connectivity index (χ0v) is 12.8. The van der Waals surface area contributed by atoms with Crippen LogP contribution >= 0.6 is 22.6 Å². The van der Waals surface area contributed by atoms with Gasteiger partial charge in [-0.25, -0.2) is 9.97 Å². The molecule has 2 heterocycles. The van der Waals surface area contributed by atoms with Crippen LogP contribution in [0.3, 0.4) is 0 Å². The zero-order chi connectivity index (χ0) is 13.3. The first-order chi connectivity index (χ1) is 8.38. The molecule has 2 N–H and O–H groups in total. The van der Waals surface area contributed by atoms with Crippen molar-refractivity contribution in [3.63, 3.8) is 0 Å². The van der Waals surface area contributed by atoms with E-state index in [0.29, 0.717) is 11.6 Å². The molecule has 2 rings (SSSR count). The molecule has 18 heavy (non-hydrogen) atoms. The molecule has 0 saturated carbocycles. The molecule has 0 aromatic carbocycles. The number of nitrogens with zero attached hydrogens (tertiary/aromatic N) is 4. The van der Waals surface area contributed by atoms with E-state index in [2.05, 4.69) is 58.4 Å². The van der Waals surface area contributed by atoms with E-state index in [1.807, 2.05) is 0 Å². The van der Waals surface area contributed by atoms with E-state index in [-0.39, 0.29) is 5.41 Å². The third kappa shape index (κ3) is 2.80. The lowest BCUT2D eigenvalue weighted by Gasteiger charge is -2.16. The molecular formula is C12H16IN5. The second-order valence-corrected chi connectivity index (χ2v) is 6.44. The summed E-state index contributed by atoms with van der Waals surface area (Å²) >= 11 is 2.24. The highest BCUT2D eigenvalue weighted by Gasteiger charge is 2.20. The lowest BCUT2D eigenvalue weighted by Crippen LogP contribution is -2.11. The maximum Gasteiger partial charge on any atom is 0.159 e. The molecule has 0 unspecified atom stereocenters. The van der Waals surface area contributed by atoms with Gasteiger partial charge in [0.2, 0.25) is 0 Å². The van der Waals surface area contributed by atoms with Gasteiger partial charge in [0, 0.05) is 12.3 Å². The predicted molar refractivity (Wildman–Crippen MR) is 79.4 cm³/mol. The monoisotopic (exact) mass is 357 g/mol. The van der Waals surface area contributed by atoms with Gasteiger partial charge in [-0.15, -0.1) is 0 Å². The standard InChI is InChI=1S/C12H16IN5/c1-12(2,3)6-8-10(13)11(14)18(17-8)9-4-5-15-7-16-9/h4-5,7H,6,14H2,1-3H3. The summed E-state index contributed by atoms with van der Waals surface area (Å²) in [5, 5.41) is 4.56. The number of aromatic nitrogens is 4. The number of rotatable bonds is 2. The van der Waals surface area contributed by atoms with E-state index >= 15 is 0 Å². The van der Waals surface area contributed by atoms with E-state index < -0.39 is 0 Å². The molecule has 6 heteroatoms. The van der Waals surface area contributed by atoms with Crippen LogP contribution in [0.5, 0.6) is 0 Å². The molecular weight excluding hydrogens is 341 g/mol. The molecule has 0 bridgehead atoms. The Balaban J connectivity index is 2.43. The first-order valence-corrected chi connectivity index (χ1v) is 6.75. The number of halogens is 1. The molecule has 0 atom stereocenters. The van der Waals surface area contributed by atoms with Crippen LogP contribution in [0.25, 0.3) is 5.82 Å². The molecule has 2 aromatic rings. The lowest BCUT2D eigenvalue weighted by molar-refractivity contribution is 0.404. The highest BCUT2D eigenvalue weighted by atomic mass is 127. The van der Waals surface area contributed by atoms with Crippen LogP contribution < -0.4 is 5.73 Å². The van der Waals surface area contributed by atoms with Crippen molar-refractivity contribution in [3.05, 3.63) is 27.9 Å². The summed E-state index contributed by atoms with van der Waals surface area (Å²) in [5.74, 6) is 1.33. The van der Waals surface area contributed by atoms with Gasteiger partial charge in [-0.05, 0) is 34.4 Å². The number of hydrogen-bond acceptors (Lipinski definition) is 4. The highest BCUT2D eigenvalue weighted by Crippen LogP contribution is 2.27. The van der Waals surface area contributed by atoms with Crippen molar-refractivity contribution in [2.24, 2.45) is 5.41 Å². The van der Waals surface area contributed by atoms with E-state index in [1.165, 1.54) is 6.33 Å². The Labute approximate surface area is 120 Å². The fourth-order valence-electron chi connectivity index (χ4n) is 1.66. The van der Waals surface area contributed by atoms with Crippen LogP contribution in [0, 0.1) is 8.99 Å². The number of nitrogens with two attached hydrogens (primary N) is 1. The Kier molecular flexibility index (Phi) is 3.56. The molecule has 0 aliphatic rings. The molecule has 0 spiro atoms. The Bertz CT molecular complexity index is 542. The van der Waals surface area contributed by atoms with Crippen molar-refractivity contribution < 1.29 is 0 Å². The summed E-state index contributed by atoms with van der Waals surface area (Å²) < 4.78 is 2.67. The predicted octanol–water partition coefficient (Wildman–Crippen LogP) is 2.44. The average Bonchev–Trinajstić information content (AvgIpc) is 2.57. The number of hydrogen-bond donors (Lipinski definition) is 1. The number of nitrogen functional groups attached to an aromatic ring is 1. The molecule has 0 aliphatic carbocycles. The normalized spacial score (nSPS) is 11.8. The van der Waals surface area contributed by atoms with Crippen molar-refractivity contribution in [2.45, 2.75) is 27.2 Å². The first-order valence-electron chi connectivity index (χ1n) is 5.68. The summed E-state index contributed by atoms with van der Waals surface area (Å²) in [6, 6.07) is 1.79. The fraction of sp³-hybridized carbons (Fsp3) is 0.417. The van der Waals surface area contributed by atoms with Gasteiger partial charge in [0.1, 0.15) is 12.1 Å². The van der Waals surface area contributed by atoms with Gasteiger partial charge in [0.05, 0.1) is 9.26 Å². The summed E-state index contributed by atoms with van der Waals surface area (Å²) in [6.45, 7) is 6.55. The van der Waals surface area contributed by atoms with Gasteiger partial charge in [-0.2, -0.15) is 9.78 Å². The van der Waals surface area contributed by atoms with Crippen molar-refractivity contribution in [2.75, 3.05) is 5.73 Å². The second kappa shape index (κ2) is 4.83.